The van der Waals surface area contributed by atoms with Crippen molar-refractivity contribution in [2.45, 2.75) is 64.2 Å². The van der Waals surface area contributed by atoms with E-state index in [2.05, 4.69) is 29.3 Å². The van der Waals surface area contributed by atoms with E-state index in [0.29, 0.717) is 11.6 Å². The van der Waals surface area contributed by atoms with Crippen LogP contribution < -0.4 is 0 Å². The summed E-state index contributed by atoms with van der Waals surface area (Å²) in [6, 6.07) is 5.35. The molecule has 1 aromatic carbocycles. The van der Waals surface area contributed by atoms with Gasteiger partial charge in [0.05, 0.1) is 5.16 Å². The zero-order valence-corrected chi connectivity index (χ0v) is 13.6. The van der Waals surface area contributed by atoms with Crippen molar-refractivity contribution >= 4 is 23.1 Å². The minimum absolute atomic E-state index is 0.282. The second-order valence-electron chi connectivity index (χ2n) is 6.13. The first-order valence-corrected chi connectivity index (χ1v) is 8.52. The lowest BCUT2D eigenvalue weighted by molar-refractivity contribution is 0.302. The van der Waals surface area contributed by atoms with Crippen LogP contribution >= 0.6 is 12.2 Å². The summed E-state index contributed by atoms with van der Waals surface area (Å²) < 4.78 is 13.9. The van der Waals surface area contributed by atoms with Gasteiger partial charge in [-0.2, -0.15) is 4.99 Å². The summed E-state index contributed by atoms with van der Waals surface area (Å²) >= 11 is 4.52. The number of hydrogen-bond donors (Lipinski definition) is 0. The van der Waals surface area contributed by atoms with E-state index in [1.807, 2.05) is 6.07 Å². The first kappa shape index (κ1) is 16.3. The maximum atomic E-state index is 13.9. The summed E-state index contributed by atoms with van der Waals surface area (Å²) in [5.41, 5.74) is 1.41. The minimum atomic E-state index is -0.282. The second kappa shape index (κ2) is 8.41. The molecule has 1 aliphatic carbocycles. The molecule has 0 spiro atoms. The van der Waals surface area contributed by atoms with Crippen LogP contribution in [-0.2, 0) is 0 Å². The van der Waals surface area contributed by atoms with Crippen LogP contribution in [0.4, 0.5) is 10.1 Å². The molecular formula is C18H24FNS. The summed E-state index contributed by atoms with van der Waals surface area (Å²) in [4.78, 5) is 3.74. The third-order valence-corrected chi connectivity index (χ3v) is 4.76. The van der Waals surface area contributed by atoms with Gasteiger partial charge in [-0.25, -0.2) is 4.39 Å². The van der Waals surface area contributed by atoms with Crippen molar-refractivity contribution in [2.24, 2.45) is 10.9 Å². The highest BCUT2D eigenvalue weighted by molar-refractivity contribution is 7.78. The van der Waals surface area contributed by atoms with Gasteiger partial charge in [-0.05, 0) is 67.4 Å². The van der Waals surface area contributed by atoms with E-state index in [1.165, 1.54) is 51.4 Å². The fourth-order valence-corrected chi connectivity index (χ4v) is 3.48. The average molecular weight is 305 g/mol. The van der Waals surface area contributed by atoms with Gasteiger partial charge in [-0.15, -0.1) is 0 Å². The molecule has 2 rings (SSSR count). The van der Waals surface area contributed by atoms with Crippen LogP contribution in [0.1, 0.15) is 69.8 Å². The molecule has 0 saturated heterocycles. The lowest BCUT2D eigenvalue weighted by atomic mass is 9.77. The van der Waals surface area contributed by atoms with E-state index in [1.54, 1.807) is 12.1 Å². The predicted octanol–water partition coefficient (Wildman–Crippen LogP) is 6.41. The van der Waals surface area contributed by atoms with Crippen LogP contribution in [-0.4, -0.2) is 5.16 Å². The normalized spacial score (nSPS) is 21.8. The van der Waals surface area contributed by atoms with Gasteiger partial charge in [-0.3, -0.25) is 0 Å². The Morgan fingerprint density at radius 1 is 1.24 bits per heavy atom. The van der Waals surface area contributed by atoms with Crippen LogP contribution in [0.15, 0.2) is 23.2 Å². The number of hydrogen-bond acceptors (Lipinski definition) is 2. The van der Waals surface area contributed by atoms with Gasteiger partial charge in [0.2, 0.25) is 0 Å². The first-order chi connectivity index (χ1) is 10.2. The van der Waals surface area contributed by atoms with Crippen LogP contribution in [0, 0.1) is 11.7 Å². The van der Waals surface area contributed by atoms with Crippen molar-refractivity contribution in [3.63, 3.8) is 0 Å². The molecule has 1 saturated carbocycles. The highest BCUT2D eigenvalue weighted by Crippen LogP contribution is 2.38. The van der Waals surface area contributed by atoms with E-state index in [0.717, 1.165) is 11.5 Å². The monoisotopic (exact) mass is 305 g/mol. The van der Waals surface area contributed by atoms with Gasteiger partial charge in [0.1, 0.15) is 11.5 Å². The lowest BCUT2D eigenvalue weighted by Crippen LogP contribution is -2.13. The fourth-order valence-electron chi connectivity index (χ4n) is 3.38. The number of benzene rings is 1. The topological polar surface area (TPSA) is 12.4 Å². The lowest BCUT2D eigenvalue weighted by Gasteiger charge is -2.29. The molecule has 0 aliphatic heterocycles. The Balaban J connectivity index is 1.90. The molecule has 0 radical (unpaired) electrons. The van der Waals surface area contributed by atoms with E-state index < -0.39 is 0 Å². The van der Waals surface area contributed by atoms with Crippen LogP contribution in [0.5, 0.6) is 0 Å². The summed E-state index contributed by atoms with van der Waals surface area (Å²) in [5, 5.41) is 2.22. The standard InChI is InChI=1S/C18H24FNS/c1-2-3-4-5-14-6-8-15(9-7-14)16-10-11-18(20-13-21)17(19)12-16/h10-12,14-15H,2-9H2,1H3. The quantitative estimate of drug-likeness (QED) is 0.336. The molecule has 0 N–H and O–H groups in total. The highest BCUT2D eigenvalue weighted by atomic mass is 32.1. The number of aliphatic imine (C=N–C) groups is 1. The number of thiocarbonyl (C=S) groups is 1. The SMILES string of the molecule is CCCCCC1CCC(c2ccc(N=C=S)c(F)c2)CC1. The number of halogens is 1. The van der Waals surface area contributed by atoms with Gasteiger partial charge in [0.15, 0.2) is 0 Å². The largest absolute Gasteiger partial charge is 0.205 e. The molecule has 0 bridgehead atoms. The third kappa shape index (κ3) is 4.72. The van der Waals surface area contributed by atoms with Crippen LogP contribution in [0.3, 0.4) is 0 Å². The molecule has 0 atom stereocenters. The Bertz CT molecular complexity index is 500. The van der Waals surface area contributed by atoms with E-state index in [4.69, 9.17) is 0 Å². The third-order valence-electron chi connectivity index (χ3n) is 4.67. The minimum Gasteiger partial charge on any atom is -0.205 e. The van der Waals surface area contributed by atoms with Crippen molar-refractivity contribution in [3.8, 4) is 0 Å². The molecule has 0 unspecified atom stereocenters. The molecule has 0 amide bonds. The van der Waals surface area contributed by atoms with Gasteiger partial charge < -0.3 is 0 Å². The molecule has 0 aromatic heterocycles. The fraction of sp³-hybridized carbons (Fsp3) is 0.611. The van der Waals surface area contributed by atoms with E-state index >= 15 is 0 Å². The molecule has 1 nitrogen and oxygen atoms in total. The molecular weight excluding hydrogens is 281 g/mol. The smallest absolute Gasteiger partial charge is 0.149 e. The van der Waals surface area contributed by atoms with E-state index in [9.17, 15) is 4.39 Å². The Kier molecular flexibility index (Phi) is 6.53. The molecule has 3 heteroatoms. The molecule has 0 heterocycles. The summed E-state index contributed by atoms with van der Waals surface area (Å²) in [7, 11) is 0. The number of nitrogens with zero attached hydrogens (tertiary/aromatic N) is 1. The summed E-state index contributed by atoms with van der Waals surface area (Å²) in [6.07, 6.45) is 10.3. The van der Waals surface area contributed by atoms with Crippen LogP contribution in [0.25, 0.3) is 0 Å². The molecule has 1 aromatic rings. The molecule has 114 valence electrons. The van der Waals surface area contributed by atoms with Crippen molar-refractivity contribution in [1.29, 1.82) is 0 Å². The van der Waals surface area contributed by atoms with Crippen molar-refractivity contribution in [2.75, 3.05) is 0 Å². The van der Waals surface area contributed by atoms with Gasteiger partial charge >= 0.3 is 0 Å². The maximum absolute atomic E-state index is 13.9. The van der Waals surface area contributed by atoms with Crippen LogP contribution in [0.2, 0.25) is 0 Å². The average Bonchev–Trinajstić information content (AvgIpc) is 2.50. The number of isothiocyanates is 1. The van der Waals surface area contributed by atoms with E-state index in [-0.39, 0.29) is 5.82 Å². The summed E-state index contributed by atoms with van der Waals surface area (Å²) in [6.45, 7) is 2.25. The molecule has 1 aliphatic rings. The van der Waals surface area contributed by atoms with Crippen molar-refractivity contribution < 1.29 is 4.39 Å². The highest BCUT2D eigenvalue weighted by Gasteiger charge is 2.22. The van der Waals surface area contributed by atoms with Gasteiger partial charge in [-0.1, -0.05) is 38.7 Å². The molecule has 21 heavy (non-hydrogen) atoms. The Morgan fingerprint density at radius 2 is 2.00 bits per heavy atom. The zero-order chi connectivity index (χ0) is 15.1. The number of rotatable bonds is 6. The summed E-state index contributed by atoms with van der Waals surface area (Å²) in [5.74, 6) is 1.11. The Labute approximate surface area is 132 Å². The predicted molar refractivity (Wildman–Crippen MR) is 89.9 cm³/mol. The Hall–Kier alpha value is -1.05. The zero-order valence-electron chi connectivity index (χ0n) is 12.8. The first-order valence-electron chi connectivity index (χ1n) is 8.12. The second-order valence-corrected chi connectivity index (χ2v) is 6.31. The van der Waals surface area contributed by atoms with Crippen molar-refractivity contribution in [3.05, 3.63) is 29.6 Å². The molecule has 1 fully saturated rings. The van der Waals surface area contributed by atoms with Crippen molar-refractivity contribution in [1.82, 2.24) is 0 Å². The van der Waals surface area contributed by atoms with Gasteiger partial charge in [0.25, 0.3) is 0 Å². The Morgan fingerprint density at radius 3 is 2.62 bits per heavy atom. The van der Waals surface area contributed by atoms with Gasteiger partial charge in [0, 0.05) is 0 Å². The maximum Gasteiger partial charge on any atom is 0.149 e. The number of unbranched alkanes of at least 4 members (excludes halogenated alkanes) is 2.